The van der Waals surface area contributed by atoms with Gasteiger partial charge in [-0.25, -0.2) is 0 Å². The second-order valence-electron chi connectivity index (χ2n) is 10.9. The molecule has 0 aliphatic carbocycles. The van der Waals surface area contributed by atoms with Crippen LogP contribution in [0.15, 0.2) is 48.6 Å². The molecule has 226 valence electrons. The first-order chi connectivity index (χ1) is 19.3. The SMILES string of the molecule is CCCCC/C=C\C/C=C\C/C=C\C/C=C\CCCCOC(=O)CCCCCCCCCCCCCCCO. The predicted octanol–water partition coefficient (Wildman–Crippen LogP) is 11.1. The van der Waals surface area contributed by atoms with E-state index >= 15 is 0 Å². The van der Waals surface area contributed by atoms with Crippen LogP contribution in [0, 0.1) is 0 Å². The number of allylic oxidation sites excluding steroid dienone is 8. The molecule has 0 aromatic rings. The Labute approximate surface area is 243 Å². The Balaban J connectivity index is 3.34. The van der Waals surface area contributed by atoms with E-state index in [1.807, 2.05) is 0 Å². The minimum absolute atomic E-state index is 0.0216. The Bertz CT molecular complexity index is 602. The molecule has 0 spiro atoms. The number of aliphatic hydroxyl groups is 1. The summed E-state index contributed by atoms with van der Waals surface area (Å²) in [5.74, 6) is -0.0216. The Kier molecular flexibility index (Phi) is 33.0. The summed E-state index contributed by atoms with van der Waals surface area (Å²) in [5.41, 5.74) is 0. The van der Waals surface area contributed by atoms with Crippen molar-refractivity contribution in [3.63, 3.8) is 0 Å². The molecule has 0 unspecified atom stereocenters. The van der Waals surface area contributed by atoms with Crippen molar-refractivity contribution in [3.05, 3.63) is 48.6 Å². The summed E-state index contributed by atoms with van der Waals surface area (Å²) in [4.78, 5) is 11.9. The summed E-state index contributed by atoms with van der Waals surface area (Å²) in [6, 6.07) is 0. The zero-order valence-electron chi connectivity index (χ0n) is 25.8. The van der Waals surface area contributed by atoms with Gasteiger partial charge in [0.05, 0.1) is 6.61 Å². The summed E-state index contributed by atoms with van der Waals surface area (Å²) in [6.07, 6.45) is 46.0. The number of esters is 1. The molecule has 39 heavy (non-hydrogen) atoms. The lowest BCUT2D eigenvalue weighted by atomic mass is 10.0. The fraction of sp³-hybridized carbons (Fsp3) is 0.750. The molecule has 0 amide bonds. The quantitative estimate of drug-likeness (QED) is 0.0555. The predicted molar refractivity (Wildman–Crippen MR) is 171 cm³/mol. The number of rotatable bonds is 30. The van der Waals surface area contributed by atoms with E-state index in [4.69, 9.17) is 9.84 Å². The maximum absolute atomic E-state index is 11.9. The smallest absolute Gasteiger partial charge is 0.305 e. The Hall–Kier alpha value is -1.61. The number of hydrogen-bond acceptors (Lipinski definition) is 3. The standard InChI is InChI=1S/C36H64O3/c1-2-3-4-5-6-7-8-9-10-11-12-13-17-20-23-26-29-32-35-39-36(38)33-30-27-24-21-18-15-14-16-19-22-25-28-31-34-37/h6-7,9-10,12-13,20,23,37H,2-5,8,11,14-19,21-22,24-35H2,1H3/b7-6-,10-9-,13-12-,23-20-. The largest absolute Gasteiger partial charge is 0.466 e. The molecule has 0 aromatic heterocycles. The van der Waals surface area contributed by atoms with E-state index in [2.05, 4.69) is 55.5 Å². The molecule has 0 atom stereocenters. The zero-order chi connectivity index (χ0) is 28.3. The topological polar surface area (TPSA) is 46.5 Å². The van der Waals surface area contributed by atoms with Crippen LogP contribution in [-0.4, -0.2) is 24.3 Å². The maximum Gasteiger partial charge on any atom is 0.305 e. The minimum Gasteiger partial charge on any atom is -0.466 e. The van der Waals surface area contributed by atoms with Crippen molar-refractivity contribution in [1.29, 1.82) is 0 Å². The van der Waals surface area contributed by atoms with E-state index in [9.17, 15) is 4.79 Å². The molecular weight excluding hydrogens is 480 g/mol. The highest BCUT2D eigenvalue weighted by Gasteiger charge is 2.02. The van der Waals surface area contributed by atoms with Gasteiger partial charge in [0.2, 0.25) is 0 Å². The van der Waals surface area contributed by atoms with Gasteiger partial charge in [0.1, 0.15) is 0 Å². The van der Waals surface area contributed by atoms with E-state index in [0.29, 0.717) is 19.6 Å². The van der Waals surface area contributed by atoms with Gasteiger partial charge in [-0.1, -0.05) is 139 Å². The summed E-state index contributed by atoms with van der Waals surface area (Å²) < 4.78 is 5.39. The van der Waals surface area contributed by atoms with Crippen LogP contribution < -0.4 is 0 Å². The summed E-state index contributed by atoms with van der Waals surface area (Å²) in [7, 11) is 0. The molecule has 0 bridgehead atoms. The van der Waals surface area contributed by atoms with Gasteiger partial charge in [-0.2, -0.15) is 0 Å². The number of aliphatic hydroxyl groups excluding tert-OH is 1. The lowest BCUT2D eigenvalue weighted by molar-refractivity contribution is -0.143. The van der Waals surface area contributed by atoms with E-state index in [-0.39, 0.29) is 5.97 Å². The second kappa shape index (κ2) is 34.4. The van der Waals surface area contributed by atoms with Crippen LogP contribution in [0.3, 0.4) is 0 Å². The van der Waals surface area contributed by atoms with Crippen LogP contribution in [0.2, 0.25) is 0 Å². The first-order valence-electron chi connectivity index (χ1n) is 16.7. The van der Waals surface area contributed by atoms with Crippen molar-refractivity contribution in [2.75, 3.05) is 13.2 Å². The normalized spacial score (nSPS) is 12.2. The molecule has 3 heteroatoms. The number of carbonyl (C=O) groups is 1. The average molecular weight is 545 g/mol. The molecule has 0 fully saturated rings. The van der Waals surface area contributed by atoms with E-state index in [1.165, 1.54) is 89.9 Å². The highest BCUT2D eigenvalue weighted by atomic mass is 16.5. The van der Waals surface area contributed by atoms with Crippen molar-refractivity contribution in [1.82, 2.24) is 0 Å². The molecule has 0 aliphatic rings. The van der Waals surface area contributed by atoms with E-state index < -0.39 is 0 Å². The lowest BCUT2D eigenvalue weighted by Crippen LogP contribution is -2.05. The Morgan fingerprint density at radius 2 is 0.923 bits per heavy atom. The van der Waals surface area contributed by atoms with Gasteiger partial charge in [0.25, 0.3) is 0 Å². The fourth-order valence-electron chi connectivity index (χ4n) is 4.51. The molecule has 0 saturated heterocycles. The lowest BCUT2D eigenvalue weighted by Gasteiger charge is -2.05. The Morgan fingerprint density at radius 1 is 0.513 bits per heavy atom. The number of hydrogen-bond donors (Lipinski definition) is 1. The van der Waals surface area contributed by atoms with Gasteiger partial charge >= 0.3 is 5.97 Å². The van der Waals surface area contributed by atoms with Crippen molar-refractivity contribution in [2.24, 2.45) is 0 Å². The van der Waals surface area contributed by atoms with E-state index in [0.717, 1.165) is 57.8 Å². The van der Waals surface area contributed by atoms with Crippen LogP contribution in [-0.2, 0) is 9.53 Å². The summed E-state index contributed by atoms with van der Waals surface area (Å²) >= 11 is 0. The summed E-state index contributed by atoms with van der Waals surface area (Å²) in [5, 5.41) is 8.77. The molecule has 0 heterocycles. The molecular formula is C36H64O3. The first-order valence-corrected chi connectivity index (χ1v) is 16.7. The van der Waals surface area contributed by atoms with Crippen LogP contribution in [0.4, 0.5) is 0 Å². The minimum atomic E-state index is -0.0216. The second-order valence-corrected chi connectivity index (χ2v) is 10.9. The van der Waals surface area contributed by atoms with Crippen molar-refractivity contribution in [3.8, 4) is 0 Å². The Morgan fingerprint density at radius 3 is 1.38 bits per heavy atom. The van der Waals surface area contributed by atoms with Gasteiger partial charge in [0.15, 0.2) is 0 Å². The van der Waals surface area contributed by atoms with Crippen LogP contribution >= 0.6 is 0 Å². The third-order valence-electron chi connectivity index (χ3n) is 7.02. The third-order valence-corrected chi connectivity index (χ3v) is 7.02. The zero-order valence-corrected chi connectivity index (χ0v) is 25.8. The molecule has 1 N–H and O–H groups in total. The maximum atomic E-state index is 11.9. The average Bonchev–Trinajstić information content (AvgIpc) is 2.94. The first kappa shape index (κ1) is 37.4. The fourth-order valence-corrected chi connectivity index (χ4v) is 4.51. The molecule has 3 nitrogen and oxygen atoms in total. The third kappa shape index (κ3) is 34.4. The number of ether oxygens (including phenoxy) is 1. The van der Waals surface area contributed by atoms with Crippen LogP contribution in [0.1, 0.15) is 161 Å². The highest BCUT2D eigenvalue weighted by molar-refractivity contribution is 5.69. The van der Waals surface area contributed by atoms with Gasteiger partial charge in [-0.3, -0.25) is 4.79 Å². The van der Waals surface area contributed by atoms with Gasteiger partial charge in [0, 0.05) is 13.0 Å². The van der Waals surface area contributed by atoms with Crippen molar-refractivity contribution < 1.29 is 14.6 Å². The van der Waals surface area contributed by atoms with Crippen molar-refractivity contribution >= 4 is 5.97 Å². The van der Waals surface area contributed by atoms with E-state index in [1.54, 1.807) is 0 Å². The molecule has 0 saturated carbocycles. The van der Waals surface area contributed by atoms with Gasteiger partial charge in [-0.15, -0.1) is 0 Å². The van der Waals surface area contributed by atoms with Gasteiger partial charge < -0.3 is 9.84 Å². The monoisotopic (exact) mass is 544 g/mol. The molecule has 0 radical (unpaired) electrons. The van der Waals surface area contributed by atoms with Crippen LogP contribution in [0.25, 0.3) is 0 Å². The van der Waals surface area contributed by atoms with Crippen molar-refractivity contribution in [2.45, 2.75) is 161 Å². The highest BCUT2D eigenvalue weighted by Crippen LogP contribution is 2.13. The van der Waals surface area contributed by atoms with Crippen LogP contribution in [0.5, 0.6) is 0 Å². The molecule has 0 aliphatic heterocycles. The molecule has 0 rings (SSSR count). The number of unbranched alkanes of at least 4 members (excludes halogenated alkanes) is 17. The molecule has 0 aromatic carbocycles. The summed E-state index contributed by atoms with van der Waals surface area (Å²) in [6.45, 7) is 3.15. The van der Waals surface area contributed by atoms with Gasteiger partial charge in [-0.05, 0) is 64.2 Å². The number of carbonyl (C=O) groups excluding carboxylic acids is 1.